The molecule has 0 saturated carbocycles. The Bertz CT molecular complexity index is 493. The molecule has 1 unspecified atom stereocenters. The van der Waals surface area contributed by atoms with Crippen molar-refractivity contribution in [2.24, 2.45) is 4.99 Å². The van der Waals surface area contributed by atoms with Crippen molar-refractivity contribution in [3.63, 3.8) is 0 Å². The highest BCUT2D eigenvalue weighted by atomic mass is 16.6. The molecule has 0 amide bonds. The molecule has 2 rings (SSSR count). The molecule has 1 aliphatic rings. The number of ketones is 1. The second-order valence-corrected chi connectivity index (χ2v) is 3.83. The first-order chi connectivity index (χ1) is 7.53. The van der Waals surface area contributed by atoms with Gasteiger partial charge in [0.05, 0.1) is 11.9 Å². The van der Waals surface area contributed by atoms with Crippen LogP contribution in [-0.4, -0.2) is 18.0 Å². The molecule has 1 heterocycles. The number of para-hydroxylation sites is 1. The molecule has 1 aromatic rings. The highest BCUT2D eigenvalue weighted by molar-refractivity contribution is 6.32. The lowest BCUT2D eigenvalue weighted by Crippen LogP contribution is -2.31. The Labute approximate surface area is 92.9 Å². The van der Waals surface area contributed by atoms with Crippen LogP contribution in [0.2, 0.25) is 0 Å². The maximum absolute atomic E-state index is 11.3. The van der Waals surface area contributed by atoms with Crippen molar-refractivity contribution < 1.29 is 14.3 Å². The number of hydrogen-bond acceptors (Lipinski definition) is 4. The predicted octanol–water partition coefficient (Wildman–Crippen LogP) is 1.75. The van der Waals surface area contributed by atoms with Gasteiger partial charge >= 0.3 is 5.97 Å². The molecular formula is C12H11NO3. The van der Waals surface area contributed by atoms with E-state index >= 15 is 0 Å². The van der Waals surface area contributed by atoms with Crippen LogP contribution in [0, 0.1) is 0 Å². The summed E-state index contributed by atoms with van der Waals surface area (Å²) in [6.45, 7) is 2.90. The summed E-state index contributed by atoms with van der Waals surface area (Å²) in [5, 5.41) is 0. The maximum atomic E-state index is 11.3. The first kappa shape index (κ1) is 10.5. The van der Waals surface area contributed by atoms with Crippen molar-refractivity contribution in [1.29, 1.82) is 0 Å². The van der Waals surface area contributed by atoms with Crippen molar-refractivity contribution in [3.8, 4) is 0 Å². The first-order valence-corrected chi connectivity index (χ1v) is 4.91. The van der Waals surface area contributed by atoms with Crippen molar-refractivity contribution in [2.75, 3.05) is 0 Å². The number of carbonyl (C=O) groups is 2. The van der Waals surface area contributed by atoms with Gasteiger partial charge in [-0.3, -0.25) is 9.79 Å². The van der Waals surface area contributed by atoms with E-state index in [0.29, 0.717) is 0 Å². The van der Waals surface area contributed by atoms with Crippen LogP contribution in [0.15, 0.2) is 29.3 Å². The fourth-order valence-corrected chi connectivity index (χ4v) is 1.61. The number of ether oxygens (including phenoxy) is 1. The Kier molecular flexibility index (Phi) is 2.34. The zero-order valence-electron chi connectivity index (χ0n) is 9.06. The number of esters is 1. The fourth-order valence-electron chi connectivity index (χ4n) is 1.61. The number of aliphatic imine (C=N–C) groups is 1. The van der Waals surface area contributed by atoms with Crippen LogP contribution in [-0.2, 0) is 19.9 Å². The lowest BCUT2D eigenvalue weighted by Gasteiger charge is -2.22. The molecule has 4 heteroatoms. The smallest absolute Gasteiger partial charge is 0.375 e. The molecule has 16 heavy (non-hydrogen) atoms. The summed E-state index contributed by atoms with van der Waals surface area (Å²) >= 11 is 0. The average molecular weight is 217 g/mol. The van der Waals surface area contributed by atoms with Gasteiger partial charge in [0, 0.05) is 12.5 Å². The van der Waals surface area contributed by atoms with E-state index < -0.39 is 17.4 Å². The van der Waals surface area contributed by atoms with Crippen molar-refractivity contribution in [3.05, 3.63) is 29.8 Å². The third-order valence-corrected chi connectivity index (χ3v) is 2.48. The van der Waals surface area contributed by atoms with Gasteiger partial charge in [-0.15, -0.1) is 0 Å². The van der Waals surface area contributed by atoms with Crippen LogP contribution in [0.5, 0.6) is 0 Å². The van der Waals surface area contributed by atoms with Gasteiger partial charge in [-0.2, -0.15) is 0 Å². The first-order valence-electron chi connectivity index (χ1n) is 4.91. The minimum Gasteiger partial charge on any atom is -0.443 e. The third kappa shape index (κ3) is 1.62. The van der Waals surface area contributed by atoms with Crippen LogP contribution in [0.3, 0.4) is 0 Å². The number of Topliss-reactive ketones (excluding diaryl/α,β-unsaturated/α-hetero) is 1. The molecule has 0 saturated heterocycles. The number of benzene rings is 1. The molecule has 1 aromatic carbocycles. The summed E-state index contributed by atoms with van der Waals surface area (Å²) in [6, 6.07) is 7.36. The topological polar surface area (TPSA) is 55.7 Å². The van der Waals surface area contributed by atoms with E-state index in [9.17, 15) is 9.59 Å². The summed E-state index contributed by atoms with van der Waals surface area (Å²) in [4.78, 5) is 26.3. The molecule has 1 aliphatic heterocycles. The van der Waals surface area contributed by atoms with Crippen LogP contribution in [0.1, 0.15) is 19.4 Å². The molecule has 0 aliphatic carbocycles. The lowest BCUT2D eigenvalue weighted by atomic mass is 9.98. The summed E-state index contributed by atoms with van der Waals surface area (Å²) in [7, 11) is 0. The summed E-state index contributed by atoms with van der Waals surface area (Å²) in [5.41, 5.74) is 0.630. The normalized spacial score (nSPS) is 21.6. The van der Waals surface area contributed by atoms with E-state index in [1.165, 1.54) is 6.92 Å². The van der Waals surface area contributed by atoms with Crippen molar-refractivity contribution in [1.82, 2.24) is 0 Å². The maximum Gasteiger partial charge on any atom is 0.375 e. The standard InChI is InChI=1S/C12H11NO3/c1-8(14)11(15)16-12(2)7-13-10-6-4-3-5-9(10)12/h3-7H,1-2H3. The van der Waals surface area contributed by atoms with E-state index in [0.717, 1.165) is 11.3 Å². The number of fused-ring (bicyclic) bond motifs is 1. The molecule has 0 fully saturated rings. The van der Waals surface area contributed by atoms with Gasteiger partial charge in [-0.1, -0.05) is 18.2 Å². The molecule has 0 aromatic heterocycles. The van der Waals surface area contributed by atoms with E-state index in [-0.39, 0.29) is 0 Å². The van der Waals surface area contributed by atoms with Crippen molar-refractivity contribution in [2.45, 2.75) is 19.4 Å². The summed E-state index contributed by atoms with van der Waals surface area (Å²) < 4.78 is 5.15. The van der Waals surface area contributed by atoms with Crippen LogP contribution >= 0.6 is 0 Å². The van der Waals surface area contributed by atoms with Gasteiger partial charge in [0.15, 0.2) is 5.60 Å². The minimum absolute atomic E-state index is 0.612. The largest absolute Gasteiger partial charge is 0.443 e. The Balaban J connectivity index is 2.32. The SMILES string of the molecule is CC(=O)C(=O)OC1(C)C=Nc2ccccc21. The van der Waals surface area contributed by atoms with E-state index in [2.05, 4.69) is 4.99 Å². The van der Waals surface area contributed by atoms with Crippen molar-refractivity contribution >= 4 is 23.7 Å². The van der Waals surface area contributed by atoms with E-state index in [4.69, 9.17) is 4.74 Å². The number of hydrogen-bond donors (Lipinski definition) is 0. The molecule has 4 nitrogen and oxygen atoms in total. The van der Waals surface area contributed by atoms with Gasteiger partial charge in [-0.25, -0.2) is 4.79 Å². The van der Waals surface area contributed by atoms with Crippen LogP contribution < -0.4 is 0 Å². The molecular weight excluding hydrogens is 206 g/mol. The Hall–Kier alpha value is -1.97. The highest BCUT2D eigenvalue weighted by Crippen LogP contribution is 2.37. The van der Waals surface area contributed by atoms with Gasteiger partial charge in [0.2, 0.25) is 5.78 Å². The average Bonchev–Trinajstić information content (AvgIpc) is 2.57. The fraction of sp³-hybridized carbons (Fsp3) is 0.250. The summed E-state index contributed by atoms with van der Waals surface area (Å²) in [5.74, 6) is -1.45. The molecule has 1 atom stereocenters. The van der Waals surface area contributed by atoms with Gasteiger partial charge in [-0.05, 0) is 13.0 Å². The van der Waals surface area contributed by atoms with E-state index in [1.807, 2.05) is 24.3 Å². The van der Waals surface area contributed by atoms with Gasteiger partial charge in [0.1, 0.15) is 0 Å². The minimum atomic E-state index is -0.931. The van der Waals surface area contributed by atoms with E-state index in [1.54, 1.807) is 13.1 Å². The monoisotopic (exact) mass is 217 g/mol. The van der Waals surface area contributed by atoms with Crippen LogP contribution in [0.25, 0.3) is 0 Å². The second kappa shape index (κ2) is 3.56. The van der Waals surface area contributed by atoms with Gasteiger partial charge < -0.3 is 4.74 Å². The predicted molar refractivity (Wildman–Crippen MR) is 58.7 cm³/mol. The molecule has 0 bridgehead atoms. The lowest BCUT2D eigenvalue weighted by molar-refractivity contribution is -0.159. The second-order valence-electron chi connectivity index (χ2n) is 3.83. The zero-order valence-corrected chi connectivity index (χ0v) is 9.06. The molecule has 0 N–H and O–H groups in total. The highest BCUT2D eigenvalue weighted by Gasteiger charge is 2.36. The number of carbonyl (C=O) groups excluding carboxylic acids is 2. The third-order valence-electron chi connectivity index (χ3n) is 2.48. The Morgan fingerprint density at radius 1 is 1.31 bits per heavy atom. The molecule has 0 spiro atoms. The Morgan fingerprint density at radius 3 is 2.69 bits per heavy atom. The number of rotatable bonds is 2. The molecule has 0 radical (unpaired) electrons. The Morgan fingerprint density at radius 2 is 2.00 bits per heavy atom. The zero-order chi connectivity index (χ0) is 11.8. The quantitative estimate of drug-likeness (QED) is 0.560. The summed E-state index contributed by atoms with van der Waals surface area (Å²) in [6.07, 6.45) is 1.54. The number of nitrogens with zero attached hydrogens (tertiary/aromatic N) is 1. The molecule has 82 valence electrons. The van der Waals surface area contributed by atoms with Gasteiger partial charge in [0.25, 0.3) is 0 Å². The van der Waals surface area contributed by atoms with Crippen LogP contribution in [0.4, 0.5) is 5.69 Å².